The summed E-state index contributed by atoms with van der Waals surface area (Å²) >= 11 is 1.47. The van der Waals surface area contributed by atoms with E-state index in [1.165, 1.54) is 37.3 Å². The molecule has 9 heteroatoms. The molecule has 1 atom stereocenters. The molecule has 2 heterocycles. The van der Waals surface area contributed by atoms with Crippen LogP contribution in [0.1, 0.15) is 41.6 Å². The molecule has 1 aliphatic heterocycles. The first-order valence-corrected chi connectivity index (χ1v) is 11.3. The summed E-state index contributed by atoms with van der Waals surface area (Å²) in [5, 5.41) is 15.5. The van der Waals surface area contributed by atoms with Crippen molar-refractivity contribution in [1.82, 2.24) is 10.3 Å². The fourth-order valence-corrected chi connectivity index (χ4v) is 4.61. The van der Waals surface area contributed by atoms with Crippen LogP contribution in [0, 0.1) is 0 Å². The molecule has 1 unspecified atom stereocenters. The lowest BCUT2D eigenvalue weighted by Gasteiger charge is -2.28. The van der Waals surface area contributed by atoms with Gasteiger partial charge in [-0.1, -0.05) is 18.2 Å². The fraction of sp³-hybridized carbons (Fsp3) is 0.333. The number of carboxylic acids is 1. The van der Waals surface area contributed by atoms with E-state index in [9.17, 15) is 23.1 Å². The summed E-state index contributed by atoms with van der Waals surface area (Å²) < 4.78 is 44.0. The SMILES string of the molecule is CC(C)(Oc1ccc2c(c1)CCNC2Cc1nc(-c2ccc(C(F)(F)F)cc2)cs1)C(=O)O. The molecule has 33 heavy (non-hydrogen) atoms. The normalized spacial score (nSPS) is 16.3. The predicted octanol–water partition coefficient (Wildman–Crippen LogP) is 5.50. The number of carbonyl (C=O) groups is 1. The van der Waals surface area contributed by atoms with Crippen molar-refractivity contribution < 1.29 is 27.8 Å². The number of thiazole rings is 1. The van der Waals surface area contributed by atoms with Gasteiger partial charge < -0.3 is 15.2 Å². The lowest BCUT2D eigenvalue weighted by molar-refractivity contribution is -0.152. The van der Waals surface area contributed by atoms with Gasteiger partial charge in [-0.2, -0.15) is 13.2 Å². The van der Waals surface area contributed by atoms with Gasteiger partial charge in [-0.25, -0.2) is 9.78 Å². The Morgan fingerprint density at radius 2 is 1.94 bits per heavy atom. The van der Waals surface area contributed by atoms with Gasteiger partial charge in [0.2, 0.25) is 0 Å². The third-order valence-electron chi connectivity index (χ3n) is 5.60. The van der Waals surface area contributed by atoms with Crippen molar-refractivity contribution in [3.8, 4) is 17.0 Å². The highest BCUT2D eigenvalue weighted by atomic mass is 32.1. The lowest BCUT2D eigenvalue weighted by Crippen LogP contribution is -2.38. The molecule has 0 fully saturated rings. The maximum Gasteiger partial charge on any atom is 0.416 e. The van der Waals surface area contributed by atoms with E-state index in [1.807, 2.05) is 17.5 Å². The van der Waals surface area contributed by atoms with E-state index >= 15 is 0 Å². The molecule has 4 rings (SSSR count). The first kappa shape index (κ1) is 23.3. The molecule has 0 amide bonds. The second kappa shape index (κ2) is 8.79. The van der Waals surface area contributed by atoms with E-state index in [0.717, 1.165) is 41.2 Å². The Labute approximate surface area is 193 Å². The van der Waals surface area contributed by atoms with Crippen LogP contribution in [0.2, 0.25) is 0 Å². The van der Waals surface area contributed by atoms with Crippen molar-refractivity contribution in [1.29, 1.82) is 0 Å². The fourth-order valence-electron chi connectivity index (χ4n) is 3.76. The van der Waals surface area contributed by atoms with Crippen LogP contribution in [0.4, 0.5) is 13.2 Å². The van der Waals surface area contributed by atoms with Crippen molar-refractivity contribution in [2.75, 3.05) is 6.54 Å². The van der Waals surface area contributed by atoms with Crippen LogP contribution < -0.4 is 10.1 Å². The maximum absolute atomic E-state index is 12.8. The molecule has 2 aromatic carbocycles. The Balaban J connectivity index is 1.49. The van der Waals surface area contributed by atoms with E-state index in [1.54, 1.807) is 6.07 Å². The number of hydrogen-bond donors (Lipinski definition) is 2. The Hall–Kier alpha value is -2.91. The first-order chi connectivity index (χ1) is 15.5. The largest absolute Gasteiger partial charge is 0.478 e. The maximum atomic E-state index is 12.8. The van der Waals surface area contributed by atoms with Crippen molar-refractivity contribution in [2.45, 2.75) is 44.5 Å². The Morgan fingerprint density at radius 1 is 1.21 bits per heavy atom. The highest BCUT2D eigenvalue weighted by Gasteiger charge is 2.31. The molecular formula is C24H23F3N2O3S. The molecule has 5 nitrogen and oxygen atoms in total. The number of benzene rings is 2. The van der Waals surface area contributed by atoms with Gasteiger partial charge in [-0.3, -0.25) is 0 Å². The summed E-state index contributed by atoms with van der Waals surface area (Å²) in [5.41, 5.74) is 1.49. The molecule has 0 radical (unpaired) electrons. The number of ether oxygens (including phenoxy) is 1. The summed E-state index contributed by atoms with van der Waals surface area (Å²) in [6, 6.07) is 10.7. The molecule has 3 aromatic rings. The average Bonchev–Trinajstić information content (AvgIpc) is 3.21. The van der Waals surface area contributed by atoms with Gasteiger partial charge in [0.05, 0.1) is 16.3 Å². The molecule has 1 aromatic heterocycles. The third kappa shape index (κ3) is 5.20. The Bertz CT molecular complexity index is 1160. The van der Waals surface area contributed by atoms with Gasteiger partial charge in [0.25, 0.3) is 0 Å². The van der Waals surface area contributed by atoms with Crippen LogP contribution in [-0.2, 0) is 23.8 Å². The van der Waals surface area contributed by atoms with Gasteiger partial charge in [-0.15, -0.1) is 11.3 Å². The minimum atomic E-state index is -4.36. The average molecular weight is 477 g/mol. The molecule has 0 saturated heterocycles. The van der Waals surface area contributed by atoms with Crippen LogP contribution in [0.5, 0.6) is 5.75 Å². The summed E-state index contributed by atoms with van der Waals surface area (Å²) in [7, 11) is 0. The van der Waals surface area contributed by atoms with Gasteiger partial charge in [0, 0.05) is 23.4 Å². The zero-order chi connectivity index (χ0) is 23.8. The van der Waals surface area contributed by atoms with E-state index in [4.69, 9.17) is 4.74 Å². The van der Waals surface area contributed by atoms with Crippen LogP contribution >= 0.6 is 11.3 Å². The number of hydrogen-bond acceptors (Lipinski definition) is 5. The Kier molecular flexibility index (Phi) is 6.20. The van der Waals surface area contributed by atoms with Crippen LogP contribution in [0.25, 0.3) is 11.3 Å². The number of carboxylic acid groups (broad SMARTS) is 1. The number of fused-ring (bicyclic) bond motifs is 1. The number of rotatable bonds is 6. The van der Waals surface area contributed by atoms with Crippen LogP contribution in [-0.4, -0.2) is 28.2 Å². The Morgan fingerprint density at radius 3 is 2.61 bits per heavy atom. The van der Waals surface area contributed by atoms with Crippen molar-refractivity contribution in [3.05, 3.63) is 69.5 Å². The van der Waals surface area contributed by atoms with Crippen molar-refractivity contribution in [2.24, 2.45) is 0 Å². The van der Waals surface area contributed by atoms with Gasteiger partial charge >= 0.3 is 12.1 Å². The zero-order valence-electron chi connectivity index (χ0n) is 18.1. The summed E-state index contributed by atoms with van der Waals surface area (Å²) in [4.78, 5) is 16.0. The van der Waals surface area contributed by atoms with E-state index in [0.29, 0.717) is 23.4 Å². The topological polar surface area (TPSA) is 71.5 Å². The van der Waals surface area contributed by atoms with Crippen LogP contribution in [0.15, 0.2) is 47.8 Å². The minimum absolute atomic E-state index is 0.0295. The molecule has 1 aliphatic rings. The molecule has 0 aliphatic carbocycles. The zero-order valence-corrected chi connectivity index (χ0v) is 18.9. The summed E-state index contributed by atoms with van der Waals surface area (Å²) in [5.74, 6) is -0.520. The second-order valence-corrected chi connectivity index (χ2v) is 9.38. The predicted molar refractivity (Wildman–Crippen MR) is 119 cm³/mol. The number of halogens is 3. The number of nitrogens with zero attached hydrogens (tertiary/aromatic N) is 1. The number of aromatic nitrogens is 1. The van der Waals surface area contributed by atoms with E-state index in [-0.39, 0.29) is 6.04 Å². The second-order valence-electron chi connectivity index (χ2n) is 8.44. The highest BCUT2D eigenvalue weighted by molar-refractivity contribution is 7.09. The molecular weight excluding hydrogens is 453 g/mol. The molecule has 174 valence electrons. The van der Waals surface area contributed by atoms with Crippen molar-refractivity contribution in [3.63, 3.8) is 0 Å². The minimum Gasteiger partial charge on any atom is -0.478 e. The summed E-state index contributed by atoms with van der Waals surface area (Å²) in [6.07, 6.45) is -2.93. The molecule has 0 spiro atoms. The first-order valence-electron chi connectivity index (χ1n) is 10.4. The lowest BCUT2D eigenvalue weighted by atomic mass is 9.92. The molecule has 0 bridgehead atoms. The summed E-state index contributed by atoms with van der Waals surface area (Å²) in [6.45, 7) is 3.78. The number of alkyl halides is 3. The molecule has 0 saturated carbocycles. The van der Waals surface area contributed by atoms with Gasteiger partial charge in [0.1, 0.15) is 5.75 Å². The van der Waals surface area contributed by atoms with Gasteiger partial charge in [-0.05, 0) is 62.2 Å². The van der Waals surface area contributed by atoms with Gasteiger partial charge in [0.15, 0.2) is 5.60 Å². The standard InChI is InChI=1S/C24H23F3N2O3S/c1-23(2,22(30)31)32-17-7-8-18-15(11-17)9-10-28-19(18)12-21-29-20(13-33-21)14-3-5-16(6-4-14)24(25,26)27/h3-8,11,13,19,28H,9-10,12H2,1-2H3,(H,30,31). The quantitative estimate of drug-likeness (QED) is 0.492. The highest BCUT2D eigenvalue weighted by Crippen LogP contribution is 2.33. The molecule has 2 N–H and O–H groups in total. The third-order valence-corrected chi connectivity index (χ3v) is 6.47. The number of aliphatic carboxylic acids is 1. The van der Waals surface area contributed by atoms with E-state index < -0.39 is 23.3 Å². The number of nitrogens with one attached hydrogen (secondary N) is 1. The van der Waals surface area contributed by atoms with E-state index in [2.05, 4.69) is 10.3 Å². The smallest absolute Gasteiger partial charge is 0.416 e. The van der Waals surface area contributed by atoms with Crippen LogP contribution in [0.3, 0.4) is 0 Å². The van der Waals surface area contributed by atoms with Crippen molar-refractivity contribution >= 4 is 17.3 Å². The monoisotopic (exact) mass is 476 g/mol.